The second-order valence-electron chi connectivity index (χ2n) is 7.60. The van der Waals surface area contributed by atoms with E-state index in [-0.39, 0.29) is 11.8 Å². The van der Waals surface area contributed by atoms with Crippen LogP contribution in [0.25, 0.3) is 0 Å². The highest BCUT2D eigenvalue weighted by Crippen LogP contribution is 2.22. The van der Waals surface area contributed by atoms with Crippen molar-refractivity contribution in [1.82, 2.24) is 9.21 Å². The first-order valence-corrected chi connectivity index (χ1v) is 10.3. The van der Waals surface area contributed by atoms with Crippen LogP contribution in [0, 0.1) is 5.82 Å². The zero-order valence-corrected chi connectivity index (χ0v) is 16.6. The molecular formula is C18H27FN2O4S. The summed E-state index contributed by atoms with van der Waals surface area (Å²) in [6.07, 6.45) is 0.710. The minimum Gasteiger partial charge on any atom is -0.444 e. The van der Waals surface area contributed by atoms with Crippen LogP contribution in [0.2, 0.25) is 0 Å². The lowest BCUT2D eigenvalue weighted by atomic mass is 10.1. The summed E-state index contributed by atoms with van der Waals surface area (Å²) >= 11 is 0. The molecule has 0 unspecified atom stereocenters. The number of halogens is 1. The molecule has 2 rings (SSSR count). The molecule has 0 bridgehead atoms. The van der Waals surface area contributed by atoms with Crippen molar-refractivity contribution in [3.8, 4) is 0 Å². The van der Waals surface area contributed by atoms with E-state index in [2.05, 4.69) is 0 Å². The molecule has 8 heteroatoms. The van der Waals surface area contributed by atoms with E-state index in [9.17, 15) is 17.6 Å². The standard InChI is InChI=1S/C18H27FN2O4S/c1-18(2,3)25-17(22)20(4)16-9-11-21(12-10-16)26(23,24)13-14-5-7-15(19)8-6-14/h5-8,16H,9-13H2,1-4H3. The molecule has 0 spiro atoms. The van der Waals surface area contributed by atoms with Crippen LogP contribution in [0.5, 0.6) is 0 Å². The topological polar surface area (TPSA) is 66.9 Å². The summed E-state index contributed by atoms with van der Waals surface area (Å²) in [7, 11) is -1.79. The summed E-state index contributed by atoms with van der Waals surface area (Å²) in [6.45, 7) is 6.12. The van der Waals surface area contributed by atoms with Crippen molar-refractivity contribution in [3.05, 3.63) is 35.6 Å². The fraction of sp³-hybridized carbons (Fsp3) is 0.611. The monoisotopic (exact) mass is 386 g/mol. The second kappa shape index (κ2) is 7.92. The fourth-order valence-corrected chi connectivity index (χ4v) is 4.44. The van der Waals surface area contributed by atoms with Crippen LogP contribution in [0.3, 0.4) is 0 Å². The summed E-state index contributed by atoms with van der Waals surface area (Å²) in [6, 6.07) is 5.42. The third-order valence-electron chi connectivity index (χ3n) is 4.31. The number of carbonyl (C=O) groups excluding carboxylic acids is 1. The van der Waals surface area contributed by atoms with E-state index in [1.165, 1.54) is 28.6 Å². The number of sulfonamides is 1. The minimum atomic E-state index is -3.47. The highest BCUT2D eigenvalue weighted by atomic mass is 32.2. The molecule has 0 N–H and O–H groups in total. The van der Waals surface area contributed by atoms with Gasteiger partial charge in [0.15, 0.2) is 0 Å². The third-order valence-corrected chi connectivity index (χ3v) is 6.16. The van der Waals surface area contributed by atoms with E-state index in [1.807, 2.05) is 20.8 Å². The molecule has 1 aliphatic rings. The maximum absolute atomic E-state index is 13.0. The van der Waals surface area contributed by atoms with Gasteiger partial charge in [-0.1, -0.05) is 12.1 Å². The Morgan fingerprint density at radius 1 is 1.23 bits per heavy atom. The van der Waals surface area contributed by atoms with Gasteiger partial charge in [0.05, 0.1) is 5.75 Å². The lowest BCUT2D eigenvalue weighted by Gasteiger charge is -2.36. The lowest BCUT2D eigenvalue weighted by Crippen LogP contribution is -2.48. The summed E-state index contributed by atoms with van der Waals surface area (Å²) < 4.78 is 44.9. The molecule has 1 fully saturated rings. The molecule has 0 saturated carbocycles. The van der Waals surface area contributed by atoms with Crippen molar-refractivity contribution < 1.29 is 22.3 Å². The highest BCUT2D eigenvalue weighted by Gasteiger charge is 2.32. The molecule has 0 aliphatic carbocycles. The summed E-state index contributed by atoms with van der Waals surface area (Å²) in [5, 5.41) is 0. The van der Waals surface area contributed by atoms with Crippen LogP contribution in [-0.2, 0) is 20.5 Å². The zero-order valence-electron chi connectivity index (χ0n) is 15.7. The van der Waals surface area contributed by atoms with Gasteiger partial charge in [-0.15, -0.1) is 0 Å². The predicted molar refractivity (Wildman–Crippen MR) is 97.6 cm³/mol. The van der Waals surface area contributed by atoms with E-state index in [1.54, 1.807) is 11.9 Å². The molecule has 6 nitrogen and oxygen atoms in total. The Morgan fingerprint density at radius 2 is 1.77 bits per heavy atom. The summed E-state index contributed by atoms with van der Waals surface area (Å²) in [5.74, 6) is -0.544. The summed E-state index contributed by atoms with van der Waals surface area (Å²) in [4.78, 5) is 13.7. The van der Waals surface area contributed by atoms with Gasteiger partial charge in [0.1, 0.15) is 11.4 Å². The maximum atomic E-state index is 13.0. The number of benzene rings is 1. The van der Waals surface area contributed by atoms with Gasteiger partial charge in [-0.3, -0.25) is 0 Å². The van der Waals surface area contributed by atoms with E-state index < -0.39 is 27.5 Å². The van der Waals surface area contributed by atoms with Gasteiger partial charge in [0.25, 0.3) is 0 Å². The second-order valence-corrected chi connectivity index (χ2v) is 9.57. The molecular weight excluding hydrogens is 359 g/mol. The molecule has 1 saturated heterocycles. The molecule has 1 heterocycles. The van der Waals surface area contributed by atoms with E-state index in [4.69, 9.17) is 4.74 Å². The Morgan fingerprint density at radius 3 is 2.27 bits per heavy atom. The smallest absolute Gasteiger partial charge is 0.410 e. The number of hydrogen-bond donors (Lipinski definition) is 0. The molecule has 1 aliphatic heterocycles. The van der Waals surface area contributed by atoms with Gasteiger partial charge in [0.2, 0.25) is 10.0 Å². The number of hydrogen-bond acceptors (Lipinski definition) is 4. The van der Waals surface area contributed by atoms with Gasteiger partial charge in [0, 0.05) is 26.2 Å². The number of piperidine rings is 1. The molecule has 1 amide bonds. The predicted octanol–water partition coefficient (Wildman–Crippen LogP) is 2.99. The van der Waals surface area contributed by atoms with Crippen LogP contribution in [-0.4, -0.2) is 55.5 Å². The van der Waals surface area contributed by atoms with Crippen LogP contribution in [0.4, 0.5) is 9.18 Å². The van der Waals surface area contributed by atoms with Gasteiger partial charge >= 0.3 is 6.09 Å². The minimum absolute atomic E-state index is 0.0536. The van der Waals surface area contributed by atoms with Gasteiger partial charge in [-0.25, -0.2) is 21.9 Å². The van der Waals surface area contributed by atoms with Crippen molar-refractivity contribution in [2.45, 2.75) is 51.0 Å². The number of nitrogens with zero attached hydrogens (tertiary/aromatic N) is 2. The average Bonchev–Trinajstić information content (AvgIpc) is 2.54. The van der Waals surface area contributed by atoms with Crippen molar-refractivity contribution in [2.75, 3.05) is 20.1 Å². The Balaban J connectivity index is 1.92. The molecule has 1 aromatic carbocycles. The quantitative estimate of drug-likeness (QED) is 0.798. The first-order chi connectivity index (χ1) is 12.0. The molecule has 26 heavy (non-hydrogen) atoms. The van der Waals surface area contributed by atoms with Gasteiger partial charge in [-0.2, -0.15) is 0 Å². The van der Waals surface area contributed by atoms with Crippen molar-refractivity contribution in [3.63, 3.8) is 0 Å². The molecule has 146 valence electrons. The molecule has 1 aromatic rings. The van der Waals surface area contributed by atoms with Crippen molar-refractivity contribution >= 4 is 16.1 Å². The van der Waals surface area contributed by atoms with Gasteiger partial charge < -0.3 is 9.64 Å². The molecule has 0 aromatic heterocycles. The zero-order chi connectivity index (χ0) is 19.5. The average molecular weight is 386 g/mol. The Kier molecular flexibility index (Phi) is 6.29. The highest BCUT2D eigenvalue weighted by molar-refractivity contribution is 7.88. The maximum Gasteiger partial charge on any atom is 0.410 e. The number of amides is 1. The normalized spacial score (nSPS) is 17.1. The van der Waals surface area contributed by atoms with E-state index in [0.29, 0.717) is 31.5 Å². The first-order valence-electron chi connectivity index (χ1n) is 8.66. The third kappa shape index (κ3) is 5.67. The fourth-order valence-electron chi connectivity index (χ4n) is 2.87. The largest absolute Gasteiger partial charge is 0.444 e. The van der Waals surface area contributed by atoms with Crippen molar-refractivity contribution in [1.29, 1.82) is 0 Å². The Bertz CT molecular complexity index is 721. The van der Waals surface area contributed by atoms with Crippen LogP contribution in [0.15, 0.2) is 24.3 Å². The van der Waals surface area contributed by atoms with E-state index >= 15 is 0 Å². The SMILES string of the molecule is CN(C(=O)OC(C)(C)C)C1CCN(S(=O)(=O)Cc2ccc(F)cc2)CC1. The first kappa shape index (κ1) is 20.6. The number of ether oxygens (including phenoxy) is 1. The Hall–Kier alpha value is -1.67. The van der Waals surface area contributed by atoms with E-state index in [0.717, 1.165) is 0 Å². The van der Waals surface area contributed by atoms with Crippen LogP contribution in [0.1, 0.15) is 39.2 Å². The van der Waals surface area contributed by atoms with Gasteiger partial charge in [-0.05, 0) is 51.3 Å². The lowest BCUT2D eigenvalue weighted by molar-refractivity contribution is 0.0178. The number of rotatable bonds is 4. The van der Waals surface area contributed by atoms with Crippen molar-refractivity contribution in [2.24, 2.45) is 0 Å². The molecule has 0 radical (unpaired) electrons. The summed E-state index contributed by atoms with van der Waals surface area (Å²) in [5.41, 5.74) is -0.00994. The van der Waals surface area contributed by atoms with Crippen LogP contribution < -0.4 is 0 Å². The van der Waals surface area contributed by atoms with Crippen LogP contribution >= 0.6 is 0 Å². The number of carbonyl (C=O) groups is 1. The Labute approximate surface area is 155 Å². The molecule has 0 atom stereocenters.